The lowest BCUT2D eigenvalue weighted by atomic mass is 10.0. The molecule has 2 aromatic carbocycles. The van der Waals surface area contributed by atoms with Crippen LogP contribution in [0.5, 0.6) is 17.2 Å². The van der Waals surface area contributed by atoms with Gasteiger partial charge < -0.3 is 24.3 Å². The van der Waals surface area contributed by atoms with E-state index in [1.54, 1.807) is 56.3 Å². The van der Waals surface area contributed by atoms with Gasteiger partial charge in [-0.05, 0) is 55.3 Å². The number of carbonyl (C=O) groups is 3. The van der Waals surface area contributed by atoms with Crippen LogP contribution in [0.2, 0.25) is 0 Å². The van der Waals surface area contributed by atoms with Crippen LogP contribution < -0.4 is 19.5 Å². The molecule has 31 heavy (non-hydrogen) atoms. The largest absolute Gasteiger partial charge is 0.494 e. The summed E-state index contributed by atoms with van der Waals surface area (Å²) in [5, 5.41) is 2.68. The van der Waals surface area contributed by atoms with Crippen molar-refractivity contribution in [2.75, 3.05) is 20.0 Å². The molecular weight excluding hydrogens is 402 g/mol. The van der Waals surface area contributed by atoms with Crippen LogP contribution in [0, 0.1) is 5.92 Å². The van der Waals surface area contributed by atoms with Gasteiger partial charge in [-0.25, -0.2) is 4.79 Å². The van der Waals surface area contributed by atoms with Gasteiger partial charge in [0.2, 0.25) is 6.79 Å². The van der Waals surface area contributed by atoms with Crippen molar-refractivity contribution in [3.05, 3.63) is 53.6 Å². The first-order valence-electron chi connectivity index (χ1n) is 10.0. The van der Waals surface area contributed by atoms with Crippen molar-refractivity contribution >= 4 is 17.7 Å². The van der Waals surface area contributed by atoms with Gasteiger partial charge in [-0.3, -0.25) is 9.59 Å². The van der Waals surface area contributed by atoms with Crippen molar-refractivity contribution in [3.8, 4) is 17.2 Å². The summed E-state index contributed by atoms with van der Waals surface area (Å²) in [5.74, 6) is -0.0258. The number of esters is 1. The molecule has 164 valence electrons. The summed E-state index contributed by atoms with van der Waals surface area (Å²) in [4.78, 5) is 37.5. The van der Waals surface area contributed by atoms with Gasteiger partial charge >= 0.3 is 5.97 Å². The molecule has 1 aliphatic rings. The second-order valence-electron chi connectivity index (χ2n) is 7.25. The Morgan fingerprint density at radius 3 is 2.35 bits per heavy atom. The zero-order valence-corrected chi connectivity index (χ0v) is 17.7. The van der Waals surface area contributed by atoms with Crippen LogP contribution in [0.1, 0.15) is 41.5 Å². The van der Waals surface area contributed by atoms with Gasteiger partial charge in [0.05, 0.1) is 6.61 Å². The molecular formula is C23H25NO7. The fourth-order valence-electron chi connectivity index (χ4n) is 2.97. The van der Waals surface area contributed by atoms with E-state index in [-0.39, 0.29) is 18.5 Å². The average Bonchev–Trinajstić information content (AvgIpc) is 3.24. The predicted molar refractivity (Wildman–Crippen MR) is 112 cm³/mol. The summed E-state index contributed by atoms with van der Waals surface area (Å²) >= 11 is 0. The van der Waals surface area contributed by atoms with E-state index < -0.39 is 24.5 Å². The van der Waals surface area contributed by atoms with E-state index in [0.29, 0.717) is 35.0 Å². The molecule has 1 N–H and O–H groups in total. The third-order valence-electron chi connectivity index (χ3n) is 4.67. The minimum Gasteiger partial charge on any atom is -0.494 e. The molecule has 1 aliphatic heterocycles. The fraction of sp³-hybridized carbons (Fsp3) is 0.348. The zero-order valence-electron chi connectivity index (χ0n) is 17.7. The highest BCUT2D eigenvalue weighted by Gasteiger charge is 2.27. The Morgan fingerprint density at radius 2 is 1.68 bits per heavy atom. The number of hydrogen-bond donors (Lipinski definition) is 1. The number of fused-ring (bicyclic) bond motifs is 1. The van der Waals surface area contributed by atoms with E-state index in [4.69, 9.17) is 18.9 Å². The third kappa shape index (κ3) is 5.53. The molecule has 8 heteroatoms. The van der Waals surface area contributed by atoms with Crippen LogP contribution in [-0.4, -0.2) is 43.7 Å². The van der Waals surface area contributed by atoms with Gasteiger partial charge in [-0.15, -0.1) is 0 Å². The van der Waals surface area contributed by atoms with Crippen molar-refractivity contribution in [1.29, 1.82) is 0 Å². The zero-order chi connectivity index (χ0) is 22.4. The molecule has 1 amide bonds. The number of carbonyl (C=O) groups excluding carboxylic acids is 3. The molecule has 0 aliphatic carbocycles. The van der Waals surface area contributed by atoms with Crippen LogP contribution in [-0.2, 0) is 9.53 Å². The number of rotatable bonds is 9. The molecule has 2 aromatic rings. The summed E-state index contributed by atoms with van der Waals surface area (Å²) in [6.07, 6.45) is 0. The minimum atomic E-state index is -0.899. The number of ketones is 1. The molecule has 1 heterocycles. The Kier molecular flexibility index (Phi) is 7.12. The van der Waals surface area contributed by atoms with Gasteiger partial charge in [-0.2, -0.15) is 0 Å². The molecule has 0 spiro atoms. The van der Waals surface area contributed by atoms with E-state index >= 15 is 0 Å². The second kappa shape index (κ2) is 9.97. The first kappa shape index (κ1) is 22.1. The highest BCUT2D eigenvalue weighted by atomic mass is 16.7. The van der Waals surface area contributed by atoms with Crippen LogP contribution in [0.3, 0.4) is 0 Å². The monoisotopic (exact) mass is 427 g/mol. The van der Waals surface area contributed by atoms with E-state index in [9.17, 15) is 14.4 Å². The Morgan fingerprint density at radius 1 is 1.00 bits per heavy atom. The summed E-state index contributed by atoms with van der Waals surface area (Å²) in [7, 11) is 0. The lowest BCUT2D eigenvalue weighted by Gasteiger charge is -2.21. The highest BCUT2D eigenvalue weighted by molar-refractivity contribution is 6.00. The number of Topliss-reactive ketones (excluding diaryl/α,β-unsaturated/α-hetero) is 1. The summed E-state index contributed by atoms with van der Waals surface area (Å²) in [5.41, 5.74) is 0.731. The van der Waals surface area contributed by atoms with E-state index in [0.717, 1.165) is 0 Å². The minimum absolute atomic E-state index is 0.103. The van der Waals surface area contributed by atoms with Crippen molar-refractivity contribution in [2.45, 2.75) is 26.8 Å². The molecule has 0 radical (unpaired) electrons. The third-order valence-corrected chi connectivity index (χ3v) is 4.67. The lowest BCUT2D eigenvalue weighted by molar-refractivity contribution is -0.145. The standard InChI is InChI=1S/C23H25NO7/c1-4-28-17-8-5-15(6-9-17)22(26)24-21(14(2)3)23(27)29-12-18(25)16-7-10-19-20(11-16)31-13-30-19/h5-11,14,21H,4,12-13H2,1-3H3,(H,24,26)/t21-/m0/s1. The second-order valence-corrected chi connectivity index (χ2v) is 7.25. The van der Waals surface area contributed by atoms with Crippen molar-refractivity contribution in [2.24, 2.45) is 5.92 Å². The number of ether oxygens (including phenoxy) is 4. The number of benzene rings is 2. The summed E-state index contributed by atoms with van der Waals surface area (Å²) in [6, 6.07) is 10.5. The lowest BCUT2D eigenvalue weighted by Crippen LogP contribution is -2.45. The maximum atomic E-state index is 12.6. The van der Waals surface area contributed by atoms with Gasteiger partial charge in [0.1, 0.15) is 11.8 Å². The number of amides is 1. The van der Waals surface area contributed by atoms with Crippen LogP contribution in [0.4, 0.5) is 0 Å². The maximum Gasteiger partial charge on any atom is 0.329 e. The Balaban J connectivity index is 1.58. The van der Waals surface area contributed by atoms with E-state index in [1.165, 1.54) is 0 Å². The molecule has 1 atom stereocenters. The SMILES string of the molecule is CCOc1ccc(C(=O)N[C@H](C(=O)OCC(=O)c2ccc3c(c2)OCO3)C(C)C)cc1. The molecule has 3 rings (SSSR count). The quantitative estimate of drug-likeness (QED) is 0.485. The molecule has 8 nitrogen and oxygen atoms in total. The van der Waals surface area contributed by atoms with Crippen LogP contribution >= 0.6 is 0 Å². The van der Waals surface area contributed by atoms with Crippen molar-refractivity contribution in [3.63, 3.8) is 0 Å². The average molecular weight is 427 g/mol. The van der Waals surface area contributed by atoms with Gasteiger partial charge in [0.25, 0.3) is 5.91 Å². The first-order chi connectivity index (χ1) is 14.9. The topological polar surface area (TPSA) is 100 Å². The Labute approximate surface area is 180 Å². The molecule has 0 unspecified atom stereocenters. The summed E-state index contributed by atoms with van der Waals surface area (Å²) < 4.78 is 21.0. The van der Waals surface area contributed by atoms with Gasteiger partial charge in [0, 0.05) is 11.1 Å². The maximum absolute atomic E-state index is 12.6. The van der Waals surface area contributed by atoms with Crippen molar-refractivity contribution in [1.82, 2.24) is 5.32 Å². The van der Waals surface area contributed by atoms with E-state index in [2.05, 4.69) is 5.32 Å². The first-order valence-corrected chi connectivity index (χ1v) is 10.0. The van der Waals surface area contributed by atoms with Crippen LogP contribution in [0.15, 0.2) is 42.5 Å². The fourth-order valence-corrected chi connectivity index (χ4v) is 2.97. The van der Waals surface area contributed by atoms with Gasteiger partial charge in [-0.1, -0.05) is 13.8 Å². The number of nitrogens with one attached hydrogen (secondary N) is 1. The van der Waals surface area contributed by atoms with E-state index in [1.807, 2.05) is 6.92 Å². The van der Waals surface area contributed by atoms with Gasteiger partial charge in [0.15, 0.2) is 23.9 Å². The highest BCUT2D eigenvalue weighted by Crippen LogP contribution is 2.32. The normalized spacial score (nSPS) is 12.9. The van der Waals surface area contributed by atoms with Crippen LogP contribution in [0.25, 0.3) is 0 Å². The Bertz CT molecular complexity index is 953. The molecule has 0 aromatic heterocycles. The predicted octanol–water partition coefficient (Wildman–Crippen LogP) is 2.99. The molecule has 0 fully saturated rings. The number of hydrogen-bond acceptors (Lipinski definition) is 7. The van der Waals surface area contributed by atoms with Crippen molar-refractivity contribution < 1.29 is 33.3 Å². The molecule has 0 bridgehead atoms. The molecule has 0 saturated heterocycles. The smallest absolute Gasteiger partial charge is 0.329 e. The Hall–Kier alpha value is -3.55. The summed E-state index contributed by atoms with van der Waals surface area (Å²) in [6.45, 7) is 5.62. The molecule has 0 saturated carbocycles.